The van der Waals surface area contributed by atoms with Gasteiger partial charge in [-0.2, -0.15) is 18.3 Å². The Morgan fingerprint density at radius 1 is 1.21 bits per heavy atom. The maximum atomic E-state index is 13.0. The van der Waals surface area contributed by atoms with Crippen molar-refractivity contribution in [3.8, 4) is 5.75 Å². The number of carbonyl (C=O) groups excluding carboxylic acids is 1. The molecule has 0 aliphatic carbocycles. The van der Waals surface area contributed by atoms with Crippen molar-refractivity contribution in [2.75, 3.05) is 5.32 Å². The van der Waals surface area contributed by atoms with E-state index in [2.05, 4.69) is 22.4 Å². The molecule has 2 aromatic heterocycles. The van der Waals surface area contributed by atoms with E-state index in [0.717, 1.165) is 12.8 Å². The quantitative estimate of drug-likeness (QED) is 0.570. The molecule has 3 rings (SSSR count). The van der Waals surface area contributed by atoms with Gasteiger partial charge in [-0.15, -0.1) is 0 Å². The lowest BCUT2D eigenvalue weighted by Crippen LogP contribution is -2.16. The van der Waals surface area contributed by atoms with Crippen LogP contribution in [0.1, 0.15) is 46.6 Å². The van der Waals surface area contributed by atoms with Crippen molar-refractivity contribution in [3.63, 3.8) is 0 Å². The zero-order valence-corrected chi connectivity index (χ0v) is 15.9. The first kappa shape index (κ1) is 20.5. The van der Waals surface area contributed by atoms with Crippen LogP contribution in [0.2, 0.25) is 0 Å². The van der Waals surface area contributed by atoms with Crippen molar-refractivity contribution in [2.45, 2.75) is 39.5 Å². The number of rotatable bonds is 7. The third-order valence-corrected chi connectivity index (χ3v) is 4.18. The molecule has 0 radical (unpaired) electrons. The molecule has 2 heterocycles. The Hall–Kier alpha value is -3.23. The number of furan rings is 1. The molecule has 2 N–H and O–H groups in total. The lowest BCUT2D eigenvalue weighted by molar-refractivity contribution is -0.140. The number of anilines is 1. The molecule has 3 aromatic rings. The van der Waals surface area contributed by atoms with Crippen LogP contribution < -0.4 is 10.1 Å². The fourth-order valence-electron chi connectivity index (χ4n) is 2.74. The smallest absolute Gasteiger partial charge is 0.437 e. The molecule has 1 amide bonds. The van der Waals surface area contributed by atoms with E-state index in [9.17, 15) is 18.0 Å². The van der Waals surface area contributed by atoms with Gasteiger partial charge in [0, 0.05) is 0 Å². The topological polar surface area (TPSA) is 80.1 Å². The second-order valence-electron chi connectivity index (χ2n) is 6.47. The van der Waals surface area contributed by atoms with Gasteiger partial charge in [-0.3, -0.25) is 9.89 Å². The van der Waals surface area contributed by atoms with Crippen LogP contribution in [0.4, 0.5) is 18.9 Å². The normalized spacial score (nSPS) is 11.5. The van der Waals surface area contributed by atoms with Gasteiger partial charge in [-0.1, -0.05) is 25.5 Å². The molecule has 0 unspecified atom stereocenters. The van der Waals surface area contributed by atoms with Crippen molar-refractivity contribution < 1.29 is 27.1 Å². The minimum absolute atomic E-state index is 0.0823. The van der Waals surface area contributed by atoms with E-state index in [0.29, 0.717) is 11.5 Å². The Morgan fingerprint density at radius 3 is 2.59 bits per heavy atom. The van der Waals surface area contributed by atoms with Crippen molar-refractivity contribution in [1.82, 2.24) is 10.2 Å². The molecule has 0 saturated heterocycles. The van der Waals surface area contributed by atoms with E-state index in [-0.39, 0.29) is 18.1 Å². The first-order valence-electron chi connectivity index (χ1n) is 9.02. The Morgan fingerprint density at radius 2 is 1.93 bits per heavy atom. The van der Waals surface area contributed by atoms with Crippen molar-refractivity contribution in [2.24, 2.45) is 0 Å². The highest BCUT2D eigenvalue weighted by Gasteiger charge is 2.38. The summed E-state index contributed by atoms with van der Waals surface area (Å²) in [6.45, 7) is 3.57. The summed E-state index contributed by atoms with van der Waals surface area (Å²) in [5.74, 6) is 0.0784. The zero-order valence-electron chi connectivity index (χ0n) is 15.9. The summed E-state index contributed by atoms with van der Waals surface area (Å²) >= 11 is 0. The molecule has 0 aliphatic heterocycles. The highest BCUT2D eigenvalue weighted by Crippen LogP contribution is 2.34. The number of nitrogens with one attached hydrogen (secondary N) is 2. The number of benzene rings is 1. The van der Waals surface area contributed by atoms with E-state index in [1.54, 1.807) is 0 Å². The lowest BCUT2D eigenvalue weighted by Gasteiger charge is -2.08. The molecule has 6 nitrogen and oxygen atoms in total. The summed E-state index contributed by atoms with van der Waals surface area (Å²) in [4.78, 5) is 12.3. The van der Waals surface area contributed by atoms with E-state index < -0.39 is 23.5 Å². The van der Waals surface area contributed by atoms with Crippen molar-refractivity contribution in [3.05, 3.63) is 64.9 Å². The second-order valence-corrected chi connectivity index (χ2v) is 6.47. The first-order valence-corrected chi connectivity index (χ1v) is 9.02. The van der Waals surface area contributed by atoms with Gasteiger partial charge in [-0.25, -0.2) is 0 Å². The summed E-state index contributed by atoms with van der Waals surface area (Å²) in [6.07, 6.45) is -2.65. The molecule has 0 atom stereocenters. The second kappa shape index (κ2) is 8.42. The molecule has 154 valence electrons. The van der Waals surface area contributed by atoms with E-state index >= 15 is 0 Å². The van der Waals surface area contributed by atoms with Crippen LogP contribution in [0.25, 0.3) is 0 Å². The SMILES string of the molecule is CCCc1ccc(OCc2ccc(C(=O)Nc3c(C(F)(F)F)n[nH]c3C)o2)cc1. The number of aromatic amines is 1. The van der Waals surface area contributed by atoms with Crippen LogP contribution in [0.5, 0.6) is 5.75 Å². The number of aryl methyl sites for hydroxylation is 2. The highest BCUT2D eigenvalue weighted by atomic mass is 19.4. The average Bonchev–Trinajstić information content (AvgIpc) is 3.28. The fraction of sp³-hybridized carbons (Fsp3) is 0.300. The molecule has 9 heteroatoms. The third-order valence-electron chi connectivity index (χ3n) is 4.18. The van der Waals surface area contributed by atoms with Gasteiger partial charge < -0.3 is 14.5 Å². The summed E-state index contributed by atoms with van der Waals surface area (Å²) in [5.41, 5.74) is -0.314. The van der Waals surface area contributed by atoms with Crippen LogP contribution in [-0.4, -0.2) is 16.1 Å². The van der Waals surface area contributed by atoms with Gasteiger partial charge in [-0.05, 0) is 43.2 Å². The standard InChI is InChI=1S/C20H20F3N3O3/c1-3-4-13-5-7-14(8-6-13)28-11-15-9-10-16(29-15)19(27)24-17-12(2)25-26-18(17)20(21,22)23/h5-10H,3-4,11H2,1-2H3,(H,24,27)(H,25,26). The van der Waals surface area contributed by atoms with Crippen LogP contribution in [-0.2, 0) is 19.2 Å². The zero-order chi connectivity index (χ0) is 21.0. The van der Waals surface area contributed by atoms with Gasteiger partial charge >= 0.3 is 6.18 Å². The Kier molecular flexibility index (Phi) is 5.95. The van der Waals surface area contributed by atoms with Gasteiger partial charge in [0.2, 0.25) is 0 Å². The fourth-order valence-corrected chi connectivity index (χ4v) is 2.74. The number of halogens is 3. The number of ether oxygens (including phenoxy) is 1. The molecule has 0 fully saturated rings. The third kappa shape index (κ3) is 4.98. The maximum absolute atomic E-state index is 13.0. The van der Waals surface area contributed by atoms with E-state index in [4.69, 9.17) is 9.15 Å². The Labute approximate surface area is 165 Å². The summed E-state index contributed by atoms with van der Waals surface area (Å²) in [6, 6.07) is 10.6. The Bertz CT molecular complexity index is 975. The molecule has 0 spiro atoms. The summed E-state index contributed by atoms with van der Waals surface area (Å²) in [5, 5.41) is 7.62. The van der Waals surface area contributed by atoms with Crippen molar-refractivity contribution in [1.29, 1.82) is 0 Å². The predicted octanol–water partition coefficient (Wildman–Crippen LogP) is 5.11. The highest BCUT2D eigenvalue weighted by molar-refractivity contribution is 6.03. The van der Waals surface area contributed by atoms with Crippen molar-refractivity contribution >= 4 is 11.6 Å². The number of aromatic nitrogens is 2. The largest absolute Gasteiger partial charge is 0.486 e. The Balaban J connectivity index is 1.63. The first-order chi connectivity index (χ1) is 13.8. The average molecular weight is 407 g/mol. The predicted molar refractivity (Wildman–Crippen MR) is 99.8 cm³/mol. The molecule has 0 aliphatic rings. The molecule has 1 aromatic carbocycles. The molecule has 29 heavy (non-hydrogen) atoms. The van der Waals surface area contributed by atoms with Gasteiger partial charge in [0.1, 0.15) is 18.1 Å². The minimum Gasteiger partial charge on any atom is -0.486 e. The molecular weight excluding hydrogens is 387 g/mol. The van der Waals surface area contributed by atoms with E-state index in [1.807, 2.05) is 24.3 Å². The van der Waals surface area contributed by atoms with Gasteiger partial charge in [0.25, 0.3) is 5.91 Å². The monoisotopic (exact) mass is 407 g/mol. The van der Waals surface area contributed by atoms with Crippen LogP contribution >= 0.6 is 0 Å². The number of alkyl halides is 3. The summed E-state index contributed by atoms with van der Waals surface area (Å²) < 4.78 is 49.9. The van der Waals surface area contributed by atoms with Crippen LogP contribution in [0.15, 0.2) is 40.8 Å². The maximum Gasteiger partial charge on any atom is 0.437 e. The van der Waals surface area contributed by atoms with Crippen LogP contribution in [0, 0.1) is 6.92 Å². The number of nitrogens with zero attached hydrogens (tertiary/aromatic N) is 1. The number of H-pyrrole nitrogens is 1. The number of carbonyl (C=O) groups is 1. The van der Waals surface area contributed by atoms with Gasteiger partial charge in [0.15, 0.2) is 11.5 Å². The number of hydrogen-bond acceptors (Lipinski definition) is 4. The lowest BCUT2D eigenvalue weighted by atomic mass is 10.1. The minimum atomic E-state index is -4.69. The summed E-state index contributed by atoms with van der Waals surface area (Å²) in [7, 11) is 0. The molecule has 0 bridgehead atoms. The molecular formula is C20H20F3N3O3. The van der Waals surface area contributed by atoms with Gasteiger partial charge in [0.05, 0.1) is 11.4 Å². The number of hydrogen-bond donors (Lipinski definition) is 2. The number of amides is 1. The molecule has 0 saturated carbocycles. The van der Waals surface area contributed by atoms with Crippen LogP contribution in [0.3, 0.4) is 0 Å². The van der Waals surface area contributed by atoms with E-state index in [1.165, 1.54) is 24.6 Å².